The highest BCUT2D eigenvalue weighted by Gasteiger charge is 2.24. The molecule has 32 heavy (non-hydrogen) atoms. The van der Waals surface area contributed by atoms with Crippen molar-refractivity contribution in [2.45, 2.75) is 4.90 Å². The van der Waals surface area contributed by atoms with Gasteiger partial charge in [0.1, 0.15) is 27.6 Å². The maximum atomic E-state index is 14.0. The second-order valence-corrected chi connectivity index (χ2v) is 8.71. The van der Waals surface area contributed by atoms with Crippen LogP contribution in [0.25, 0.3) is 11.0 Å². The van der Waals surface area contributed by atoms with Crippen LogP contribution in [0.1, 0.15) is 10.4 Å². The molecule has 0 saturated carbocycles. The number of benzene rings is 3. The number of ether oxygens (including phenoxy) is 1. The smallest absolute Gasteiger partial charge is 0.351 e. The molecule has 0 saturated heterocycles. The summed E-state index contributed by atoms with van der Waals surface area (Å²) in [6, 6.07) is 18.7. The van der Waals surface area contributed by atoms with Gasteiger partial charge >= 0.3 is 11.6 Å². The van der Waals surface area contributed by atoms with Gasteiger partial charge in [0.25, 0.3) is 10.0 Å². The lowest BCUT2D eigenvalue weighted by Crippen LogP contribution is -2.27. The fourth-order valence-corrected chi connectivity index (χ4v) is 4.29. The molecule has 9 heteroatoms. The topological polar surface area (TPSA) is 93.9 Å². The Morgan fingerprint density at radius 2 is 1.62 bits per heavy atom. The van der Waals surface area contributed by atoms with Crippen LogP contribution in [0.5, 0.6) is 5.75 Å². The standard InChI is InChI=1S/C23H16FNO6S/c1-25(32(28,29)21-9-5-3-7-19(21)24)16-10-12-17(13-11-16)30-22(26)18-14-15-6-2-4-8-20(15)31-23(18)27/h2-14H,1H3. The second kappa shape index (κ2) is 8.27. The molecule has 0 radical (unpaired) electrons. The summed E-state index contributed by atoms with van der Waals surface area (Å²) in [5.74, 6) is -1.69. The Kier molecular flexibility index (Phi) is 5.50. The number of esters is 1. The molecule has 4 rings (SSSR count). The molecule has 0 aliphatic rings. The molecule has 0 N–H and O–H groups in total. The zero-order valence-corrected chi connectivity index (χ0v) is 17.5. The van der Waals surface area contributed by atoms with Gasteiger partial charge < -0.3 is 9.15 Å². The van der Waals surface area contributed by atoms with Crippen LogP contribution in [0.15, 0.2) is 93.0 Å². The molecule has 4 aromatic rings. The third kappa shape index (κ3) is 3.97. The van der Waals surface area contributed by atoms with Crippen molar-refractivity contribution < 1.29 is 26.8 Å². The van der Waals surface area contributed by atoms with E-state index in [9.17, 15) is 22.4 Å². The summed E-state index contributed by atoms with van der Waals surface area (Å²) in [5, 5.41) is 0.564. The Morgan fingerprint density at radius 3 is 2.34 bits per heavy atom. The summed E-state index contributed by atoms with van der Waals surface area (Å²) in [5.41, 5.74) is -0.538. The van der Waals surface area contributed by atoms with E-state index in [1.807, 2.05) is 0 Å². The molecule has 0 atom stereocenters. The van der Waals surface area contributed by atoms with Crippen molar-refractivity contribution in [2.24, 2.45) is 0 Å². The van der Waals surface area contributed by atoms with E-state index in [4.69, 9.17) is 9.15 Å². The van der Waals surface area contributed by atoms with Gasteiger partial charge in [-0.1, -0.05) is 30.3 Å². The molecule has 0 unspecified atom stereocenters. The minimum Gasteiger partial charge on any atom is -0.423 e. The molecule has 0 aliphatic carbocycles. The molecule has 1 heterocycles. The quantitative estimate of drug-likeness (QED) is 0.258. The van der Waals surface area contributed by atoms with Crippen LogP contribution < -0.4 is 14.7 Å². The maximum absolute atomic E-state index is 14.0. The first-order valence-corrected chi connectivity index (χ1v) is 10.8. The van der Waals surface area contributed by atoms with Gasteiger partial charge in [-0.15, -0.1) is 0 Å². The molecule has 0 bridgehead atoms. The summed E-state index contributed by atoms with van der Waals surface area (Å²) >= 11 is 0. The normalized spacial score (nSPS) is 11.3. The van der Waals surface area contributed by atoms with E-state index in [0.717, 1.165) is 10.4 Å². The van der Waals surface area contributed by atoms with Crippen LogP contribution in [0.4, 0.5) is 10.1 Å². The van der Waals surface area contributed by atoms with Crippen LogP contribution >= 0.6 is 0 Å². The van der Waals surface area contributed by atoms with E-state index < -0.39 is 32.3 Å². The fraction of sp³-hybridized carbons (Fsp3) is 0.0435. The summed E-state index contributed by atoms with van der Waals surface area (Å²) in [7, 11) is -2.85. The Morgan fingerprint density at radius 1 is 0.969 bits per heavy atom. The summed E-state index contributed by atoms with van der Waals surface area (Å²) in [4.78, 5) is 24.1. The Balaban J connectivity index is 1.55. The number of rotatable bonds is 5. The van der Waals surface area contributed by atoms with Crippen LogP contribution in [0.3, 0.4) is 0 Å². The van der Waals surface area contributed by atoms with E-state index >= 15 is 0 Å². The van der Waals surface area contributed by atoms with Gasteiger partial charge in [-0.05, 0) is 48.5 Å². The summed E-state index contributed by atoms with van der Waals surface area (Å²) < 4.78 is 50.6. The lowest BCUT2D eigenvalue weighted by Gasteiger charge is -2.20. The van der Waals surface area contributed by atoms with Crippen LogP contribution in [-0.4, -0.2) is 21.4 Å². The number of hydrogen-bond acceptors (Lipinski definition) is 6. The van der Waals surface area contributed by atoms with Crippen molar-refractivity contribution >= 4 is 32.6 Å². The molecule has 162 valence electrons. The Bertz CT molecular complexity index is 1480. The third-order valence-electron chi connectivity index (χ3n) is 4.75. The van der Waals surface area contributed by atoms with Crippen molar-refractivity contribution in [3.8, 4) is 5.75 Å². The number of anilines is 1. The van der Waals surface area contributed by atoms with Gasteiger partial charge in [0, 0.05) is 12.4 Å². The minimum atomic E-state index is -4.13. The number of carbonyl (C=O) groups is 1. The SMILES string of the molecule is CN(c1ccc(OC(=O)c2cc3ccccc3oc2=O)cc1)S(=O)(=O)c1ccccc1F. The molecular weight excluding hydrogens is 437 g/mol. The van der Waals surface area contributed by atoms with Crippen molar-refractivity contribution in [3.63, 3.8) is 0 Å². The number of halogens is 1. The largest absolute Gasteiger partial charge is 0.423 e. The molecule has 0 aliphatic heterocycles. The minimum absolute atomic E-state index is 0.0861. The highest BCUT2D eigenvalue weighted by Crippen LogP contribution is 2.26. The van der Waals surface area contributed by atoms with E-state index in [-0.39, 0.29) is 17.0 Å². The first-order valence-electron chi connectivity index (χ1n) is 9.36. The molecule has 7 nitrogen and oxygen atoms in total. The van der Waals surface area contributed by atoms with E-state index in [1.165, 1.54) is 55.6 Å². The average molecular weight is 453 g/mol. The lowest BCUT2D eigenvalue weighted by atomic mass is 10.2. The van der Waals surface area contributed by atoms with E-state index in [1.54, 1.807) is 24.3 Å². The predicted molar refractivity (Wildman–Crippen MR) is 116 cm³/mol. The molecular formula is C23H16FNO6S. The van der Waals surface area contributed by atoms with Gasteiger partial charge in [-0.25, -0.2) is 22.4 Å². The van der Waals surface area contributed by atoms with Crippen LogP contribution in [-0.2, 0) is 10.0 Å². The van der Waals surface area contributed by atoms with E-state index in [0.29, 0.717) is 11.0 Å². The molecule has 0 spiro atoms. The second-order valence-electron chi connectivity index (χ2n) is 6.77. The summed E-state index contributed by atoms with van der Waals surface area (Å²) in [6.45, 7) is 0. The molecule has 1 aromatic heterocycles. The van der Waals surface area contributed by atoms with Crippen molar-refractivity contribution in [3.05, 3.63) is 101 Å². The number of sulfonamides is 1. The molecule has 3 aromatic carbocycles. The molecule has 0 fully saturated rings. The van der Waals surface area contributed by atoms with Gasteiger partial charge in [0.05, 0.1) is 5.69 Å². The lowest BCUT2D eigenvalue weighted by molar-refractivity contribution is 0.0730. The fourth-order valence-electron chi connectivity index (χ4n) is 3.03. The number of carbonyl (C=O) groups excluding carboxylic acids is 1. The van der Waals surface area contributed by atoms with Crippen molar-refractivity contribution in [2.75, 3.05) is 11.4 Å². The first kappa shape index (κ1) is 21.3. The number of fused-ring (bicyclic) bond motifs is 1. The van der Waals surface area contributed by atoms with E-state index in [2.05, 4.69) is 0 Å². The van der Waals surface area contributed by atoms with Gasteiger partial charge in [-0.3, -0.25) is 4.31 Å². The first-order chi connectivity index (χ1) is 15.3. The van der Waals surface area contributed by atoms with Gasteiger partial charge in [-0.2, -0.15) is 0 Å². The van der Waals surface area contributed by atoms with Gasteiger partial charge in [0.2, 0.25) is 0 Å². The van der Waals surface area contributed by atoms with Crippen LogP contribution in [0.2, 0.25) is 0 Å². The summed E-state index contributed by atoms with van der Waals surface area (Å²) in [6.07, 6.45) is 0. The Hall–Kier alpha value is -3.98. The number of nitrogens with zero attached hydrogens (tertiary/aromatic N) is 1. The highest BCUT2D eigenvalue weighted by atomic mass is 32.2. The number of hydrogen-bond donors (Lipinski definition) is 0. The van der Waals surface area contributed by atoms with Crippen LogP contribution in [0, 0.1) is 5.82 Å². The Labute approximate surface area is 182 Å². The zero-order valence-electron chi connectivity index (χ0n) is 16.7. The number of para-hydroxylation sites is 1. The molecule has 0 amide bonds. The average Bonchev–Trinajstić information content (AvgIpc) is 2.78. The van der Waals surface area contributed by atoms with Crippen molar-refractivity contribution in [1.82, 2.24) is 0 Å². The highest BCUT2D eigenvalue weighted by molar-refractivity contribution is 7.92. The maximum Gasteiger partial charge on any atom is 0.351 e. The predicted octanol–water partition coefficient (Wildman–Crippen LogP) is 3.98. The third-order valence-corrected chi connectivity index (χ3v) is 6.57. The zero-order chi connectivity index (χ0) is 22.9. The van der Waals surface area contributed by atoms with Crippen molar-refractivity contribution in [1.29, 1.82) is 0 Å². The monoisotopic (exact) mass is 453 g/mol. The van der Waals surface area contributed by atoms with Gasteiger partial charge in [0.15, 0.2) is 0 Å².